The van der Waals surface area contributed by atoms with Crippen LogP contribution in [0.1, 0.15) is 6.42 Å². The van der Waals surface area contributed by atoms with Gasteiger partial charge < -0.3 is 10.2 Å². The molecule has 0 aliphatic carbocycles. The molecule has 2 unspecified atom stereocenters. The molecule has 1 rings (SSSR count). The third kappa shape index (κ3) is 1.91. The molecule has 1 saturated heterocycles. The standard InChI is InChI=1S/C7H12NO3/c1-5(9)4-8-3-2-6(8)7(10)11/h5-6,9H,1-4H2,(H,10,11). The number of carboxylic acids is 1. The molecular weight excluding hydrogens is 146 g/mol. The molecule has 1 aliphatic rings. The first-order valence-corrected chi connectivity index (χ1v) is 3.59. The summed E-state index contributed by atoms with van der Waals surface area (Å²) in [7, 11) is 0. The van der Waals surface area contributed by atoms with E-state index in [-0.39, 0.29) is 0 Å². The van der Waals surface area contributed by atoms with Gasteiger partial charge in [-0.1, -0.05) is 0 Å². The van der Waals surface area contributed by atoms with Gasteiger partial charge in [0, 0.05) is 13.1 Å². The van der Waals surface area contributed by atoms with Crippen molar-refractivity contribution in [3.05, 3.63) is 6.92 Å². The van der Waals surface area contributed by atoms with Crippen LogP contribution in [0.2, 0.25) is 0 Å². The molecule has 1 aliphatic heterocycles. The average molecular weight is 158 g/mol. The van der Waals surface area contributed by atoms with Crippen molar-refractivity contribution in [2.75, 3.05) is 13.1 Å². The van der Waals surface area contributed by atoms with Crippen molar-refractivity contribution in [3.63, 3.8) is 0 Å². The molecule has 0 aromatic carbocycles. The maximum absolute atomic E-state index is 10.4. The second-order valence-corrected chi connectivity index (χ2v) is 2.79. The van der Waals surface area contributed by atoms with E-state index >= 15 is 0 Å². The maximum atomic E-state index is 10.4. The van der Waals surface area contributed by atoms with E-state index < -0.39 is 18.1 Å². The predicted octanol–water partition coefficient (Wildman–Crippen LogP) is -0.660. The number of aliphatic hydroxyl groups is 1. The van der Waals surface area contributed by atoms with Gasteiger partial charge in [0.05, 0.1) is 6.10 Å². The highest BCUT2D eigenvalue weighted by Gasteiger charge is 2.34. The fourth-order valence-corrected chi connectivity index (χ4v) is 1.21. The number of aliphatic carboxylic acids is 1. The second kappa shape index (κ2) is 3.19. The quantitative estimate of drug-likeness (QED) is 0.572. The monoisotopic (exact) mass is 158 g/mol. The molecule has 11 heavy (non-hydrogen) atoms. The lowest BCUT2D eigenvalue weighted by atomic mass is 10.0. The van der Waals surface area contributed by atoms with Crippen molar-refractivity contribution in [1.29, 1.82) is 0 Å². The van der Waals surface area contributed by atoms with Crippen LogP contribution in [0.15, 0.2) is 0 Å². The molecule has 2 N–H and O–H groups in total. The first kappa shape index (κ1) is 8.49. The molecule has 0 bridgehead atoms. The lowest BCUT2D eigenvalue weighted by Crippen LogP contribution is -2.54. The number of hydrogen-bond donors (Lipinski definition) is 2. The molecular formula is C7H12NO3. The molecule has 0 aromatic rings. The van der Waals surface area contributed by atoms with Crippen molar-refractivity contribution in [1.82, 2.24) is 4.90 Å². The molecule has 4 nitrogen and oxygen atoms in total. The third-order valence-corrected chi connectivity index (χ3v) is 1.86. The van der Waals surface area contributed by atoms with Crippen LogP contribution in [0, 0.1) is 6.92 Å². The Hall–Kier alpha value is -0.610. The molecule has 4 heteroatoms. The van der Waals surface area contributed by atoms with E-state index in [1.54, 1.807) is 4.90 Å². The summed E-state index contributed by atoms with van der Waals surface area (Å²) in [5, 5.41) is 17.4. The zero-order valence-electron chi connectivity index (χ0n) is 6.23. The van der Waals surface area contributed by atoms with Gasteiger partial charge in [-0.05, 0) is 13.3 Å². The third-order valence-electron chi connectivity index (χ3n) is 1.86. The van der Waals surface area contributed by atoms with Crippen LogP contribution in [-0.4, -0.2) is 46.3 Å². The zero-order valence-corrected chi connectivity index (χ0v) is 6.23. The molecule has 1 fully saturated rings. The van der Waals surface area contributed by atoms with Gasteiger partial charge >= 0.3 is 5.97 Å². The Bertz CT molecular complexity index is 158. The summed E-state index contributed by atoms with van der Waals surface area (Å²) < 4.78 is 0. The second-order valence-electron chi connectivity index (χ2n) is 2.79. The van der Waals surface area contributed by atoms with Crippen molar-refractivity contribution >= 4 is 5.97 Å². The van der Waals surface area contributed by atoms with Crippen molar-refractivity contribution in [2.24, 2.45) is 0 Å². The summed E-state index contributed by atoms with van der Waals surface area (Å²) in [6.45, 7) is 4.49. The zero-order chi connectivity index (χ0) is 8.43. The summed E-state index contributed by atoms with van der Waals surface area (Å²) in [5.74, 6) is -0.808. The van der Waals surface area contributed by atoms with Gasteiger partial charge in [0.25, 0.3) is 0 Å². The van der Waals surface area contributed by atoms with Crippen molar-refractivity contribution in [2.45, 2.75) is 18.6 Å². The first-order chi connectivity index (χ1) is 5.11. The van der Waals surface area contributed by atoms with Crippen LogP contribution in [0.25, 0.3) is 0 Å². The summed E-state index contributed by atoms with van der Waals surface area (Å²) >= 11 is 0. The van der Waals surface area contributed by atoms with Crippen LogP contribution in [-0.2, 0) is 4.79 Å². The fraction of sp³-hybridized carbons (Fsp3) is 0.714. The number of nitrogens with zero attached hydrogens (tertiary/aromatic N) is 1. The van der Waals surface area contributed by atoms with E-state index in [4.69, 9.17) is 10.2 Å². The maximum Gasteiger partial charge on any atom is 0.320 e. The fourth-order valence-electron chi connectivity index (χ4n) is 1.21. The highest BCUT2D eigenvalue weighted by Crippen LogP contribution is 2.16. The van der Waals surface area contributed by atoms with E-state index in [0.717, 1.165) is 6.54 Å². The number of rotatable bonds is 3. The SMILES string of the molecule is [CH2]C(O)CN1CCC1C(=O)O. The molecule has 63 valence electrons. The van der Waals surface area contributed by atoms with Crippen LogP contribution < -0.4 is 0 Å². The van der Waals surface area contributed by atoms with E-state index in [9.17, 15) is 4.79 Å². The van der Waals surface area contributed by atoms with Gasteiger partial charge in [-0.15, -0.1) is 0 Å². The normalized spacial score (nSPS) is 27.6. The van der Waals surface area contributed by atoms with Crippen molar-refractivity contribution < 1.29 is 15.0 Å². The molecule has 0 spiro atoms. The Morgan fingerprint density at radius 2 is 2.45 bits per heavy atom. The topological polar surface area (TPSA) is 60.8 Å². The van der Waals surface area contributed by atoms with Gasteiger partial charge in [-0.3, -0.25) is 9.69 Å². The number of carboxylic acid groups (broad SMARTS) is 1. The lowest BCUT2D eigenvalue weighted by molar-refractivity contribution is -0.148. The molecule has 1 radical (unpaired) electrons. The van der Waals surface area contributed by atoms with Gasteiger partial charge in [0.2, 0.25) is 0 Å². The Kier molecular flexibility index (Phi) is 2.46. The van der Waals surface area contributed by atoms with Gasteiger partial charge in [-0.25, -0.2) is 0 Å². The average Bonchev–Trinajstić information content (AvgIpc) is 1.78. The van der Waals surface area contributed by atoms with E-state index in [2.05, 4.69) is 6.92 Å². The number of likely N-dealkylation sites (tertiary alicyclic amines) is 1. The smallest absolute Gasteiger partial charge is 0.320 e. The number of aliphatic hydroxyl groups excluding tert-OH is 1. The van der Waals surface area contributed by atoms with E-state index in [1.807, 2.05) is 0 Å². The summed E-state index contributed by atoms with van der Waals surface area (Å²) in [4.78, 5) is 12.1. The minimum atomic E-state index is -0.808. The van der Waals surface area contributed by atoms with Gasteiger partial charge in [-0.2, -0.15) is 0 Å². The molecule has 2 atom stereocenters. The Balaban J connectivity index is 2.31. The summed E-state index contributed by atoms with van der Waals surface area (Å²) in [6, 6.07) is -0.397. The van der Waals surface area contributed by atoms with Crippen molar-refractivity contribution in [3.8, 4) is 0 Å². The minimum absolute atomic E-state index is 0.358. The number of carbonyl (C=O) groups is 1. The minimum Gasteiger partial charge on any atom is -0.480 e. The number of β-amino-alcohol motifs (C(OH)–C–C–N with tert-alkyl or cyclic N) is 1. The predicted molar refractivity (Wildman–Crippen MR) is 39.0 cm³/mol. The lowest BCUT2D eigenvalue weighted by Gasteiger charge is -2.38. The van der Waals surface area contributed by atoms with Gasteiger partial charge in [0.1, 0.15) is 6.04 Å². The Morgan fingerprint density at radius 1 is 1.82 bits per heavy atom. The van der Waals surface area contributed by atoms with Crippen LogP contribution in [0.5, 0.6) is 0 Å². The van der Waals surface area contributed by atoms with E-state index in [0.29, 0.717) is 13.0 Å². The first-order valence-electron chi connectivity index (χ1n) is 3.59. The highest BCUT2D eigenvalue weighted by atomic mass is 16.4. The Labute approximate surface area is 65.4 Å². The van der Waals surface area contributed by atoms with Crippen LogP contribution >= 0.6 is 0 Å². The summed E-state index contributed by atoms with van der Waals surface area (Å²) in [6.07, 6.45) is -0.000602. The Morgan fingerprint density at radius 3 is 2.73 bits per heavy atom. The molecule has 0 aromatic heterocycles. The largest absolute Gasteiger partial charge is 0.480 e. The summed E-state index contributed by atoms with van der Waals surface area (Å²) in [5.41, 5.74) is 0. The number of hydrogen-bond acceptors (Lipinski definition) is 3. The van der Waals surface area contributed by atoms with E-state index in [1.165, 1.54) is 0 Å². The van der Waals surface area contributed by atoms with Crippen LogP contribution in [0.3, 0.4) is 0 Å². The molecule has 0 saturated carbocycles. The van der Waals surface area contributed by atoms with Crippen LogP contribution in [0.4, 0.5) is 0 Å². The molecule has 0 amide bonds. The van der Waals surface area contributed by atoms with Gasteiger partial charge in [0.15, 0.2) is 0 Å². The molecule has 1 heterocycles. The highest BCUT2D eigenvalue weighted by molar-refractivity contribution is 5.74.